The minimum Gasteiger partial charge on any atom is -0.346 e. The molecule has 0 atom stereocenters. The minimum absolute atomic E-state index is 0. The van der Waals surface area contributed by atoms with Crippen LogP contribution in [-0.2, 0) is 16.1 Å². The highest BCUT2D eigenvalue weighted by Crippen LogP contribution is 2.12. The summed E-state index contributed by atoms with van der Waals surface area (Å²) in [5.74, 6) is -0.429. The second kappa shape index (κ2) is 12.2. The smallest absolute Gasteiger partial charge is 0.242 e. The Balaban J connectivity index is 0.00000484. The minimum atomic E-state index is -0.326. The van der Waals surface area contributed by atoms with Gasteiger partial charge < -0.3 is 16.0 Å². The van der Waals surface area contributed by atoms with Crippen LogP contribution in [0.3, 0.4) is 0 Å². The van der Waals surface area contributed by atoms with E-state index in [0.29, 0.717) is 18.1 Å². The molecule has 0 fully saturated rings. The second-order valence-electron chi connectivity index (χ2n) is 5.13. The van der Waals surface area contributed by atoms with E-state index < -0.39 is 0 Å². The molecule has 0 aromatic heterocycles. The largest absolute Gasteiger partial charge is 0.346 e. The van der Waals surface area contributed by atoms with Crippen LogP contribution in [0.5, 0.6) is 0 Å². The highest BCUT2D eigenvalue weighted by atomic mass is 35.5. The molecule has 3 N–H and O–H groups in total. The number of carbonyl (C=O) groups is 2. The summed E-state index contributed by atoms with van der Waals surface area (Å²) in [4.78, 5) is 25.2. The van der Waals surface area contributed by atoms with Crippen LogP contribution in [0.1, 0.15) is 31.7 Å². The van der Waals surface area contributed by atoms with Crippen molar-refractivity contribution in [1.29, 1.82) is 0 Å². The zero-order valence-electron chi connectivity index (χ0n) is 13.4. The Morgan fingerprint density at radius 2 is 1.87 bits per heavy atom. The first-order chi connectivity index (χ1) is 10.6. The lowest BCUT2D eigenvalue weighted by Gasteiger charge is -2.23. The van der Waals surface area contributed by atoms with Crippen LogP contribution < -0.4 is 11.1 Å². The Labute approximate surface area is 149 Å². The number of carbonyl (C=O) groups excluding carboxylic acids is 2. The quantitative estimate of drug-likeness (QED) is 0.662. The fraction of sp³-hybridized carbons (Fsp3) is 0.500. The van der Waals surface area contributed by atoms with Crippen molar-refractivity contribution >= 4 is 35.8 Å². The Hall–Kier alpha value is -1.30. The molecule has 130 valence electrons. The van der Waals surface area contributed by atoms with E-state index in [-0.39, 0.29) is 37.3 Å². The molecule has 0 unspecified atom stereocenters. The monoisotopic (exact) mass is 361 g/mol. The van der Waals surface area contributed by atoms with E-state index >= 15 is 0 Å². The molecule has 0 aliphatic rings. The number of nitrogens with zero attached hydrogens (tertiary/aromatic N) is 1. The predicted molar refractivity (Wildman–Crippen MR) is 95.7 cm³/mol. The third kappa shape index (κ3) is 8.79. The molecular formula is C16H25Cl2N3O2. The van der Waals surface area contributed by atoms with Gasteiger partial charge in [-0.05, 0) is 24.1 Å². The summed E-state index contributed by atoms with van der Waals surface area (Å²) < 4.78 is 0. The van der Waals surface area contributed by atoms with Crippen molar-refractivity contribution in [2.75, 3.05) is 19.6 Å². The average molecular weight is 362 g/mol. The molecule has 0 spiro atoms. The molecule has 5 nitrogen and oxygen atoms in total. The van der Waals surface area contributed by atoms with Gasteiger partial charge in [0.15, 0.2) is 0 Å². The predicted octanol–water partition coefficient (Wildman–Crippen LogP) is 2.36. The van der Waals surface area contributed by atoms with Crippen LogP contribution >= 0.6 is 24.0 Å². The summed E-state index contributed by atoms with van der Waals surface area (Å²) >= 11 is 5.87. The number of nitrogens with one attached hydrogen (secondary N) is 1. The molecule has 0 saturated heterocycles. The lowest BCUT2D eigenvalue weighted by Crippen LogP contribution is -2.42. The molecule has 2 amide bonds. The lowest BCUT2D eigenvalue weighted by molar-refractivity contribution is -0.133. The number of amides is 2. The molecule has 0 heterocycles. The Kier molecular flexibility index (Phi) is 11.5. The van der Waals surface area contributed by atoms with Crippen LogP contribution in [-0.4, -0.2) is 36.3 Å². The van der Waals surface area contributed by atoms with Crippen molar-refractivity contribution in [1.82, 2.24) is 10.2 Å². The van der Waals surface area contributed by atoms with Crippen molar-refractivity contribution in [3.8, 4) is 0 Å². The zero-order valence-corrected chi connectivity index (χ0v) is 15.0. The summed E-state index contributed by atoms with van der Waals surface area (Å²) in [6.07, 6.45) is 3.10. The maximum Gasteiger partial charge on any atom is 0.242 e. The summed E-state index contributed by atoms with van der Waals surface area (Å²) in [5.41, 5.74) is 6.23. The Morgan fingerprint density at radius 3 is 2.43 bits per heavy atom. The molecule has 0 aliphatic carbocycles. The molecule has 1 aromatic carbocycles. The third-order valence-electron chi connectivity index (χ3n) is 3.29. The van der Waals surface area contributed by atoms with Gasteiger partial charge in [-0.3, -0.25) is 9.59 Å². The molecule has 1 rings (SSSR count). The maximum absolute atomic E-state index is 12.3. The first kappa shape index (κ1) is 21.7. The fourth-order valence-corrected chi connectivity index (χ4v) is 2.14. The number of unbranched alkanes of at least 4 members (excludes halogenated alkanes) is 2. The van der Waals surface area contributed by atoms with E-state index in [1.807, 2.05) is 24.3 Å². The number of hydrogen-bond acceptors (Lipinski definition) is 3. The first-order valence-electron chi connectivity index (χ1n) is 7.55. The standard InChI is InChI=1S/C16H24ClN3O2.ClH/c1-2-3-4-9-20(16(22)11-19-15(21)10-18)12-13-5-7-14(17)8-6-13;/h5-8H,2-4,9-12,18H2,1H3,(H,19,21);1H. The van der Waals surface area contributed by atoms with Gasteiger partial charge in [0.05, 0.1) is 13.1 Å². The van der Waals surface area contributed by atoms with Crippen molar-refractivity contribution in [3.05, 3.63) is 34.9 Å². The number of halogens is 2. The molecule has 1 aromatic rings. The lowest BCUT2D eigenvalue weighted by atomic mass is 10.2. The van der Waals surface area contributed by atoms with Crippen molar-refractivity contribution in [3.63, 3.8) is 0 Å². The van der Waals surface area contributed by atoms with Gasteiger partial charge in [-0.1, -0.05) is 43.5 Å². The molecule has 7 heteroatoms. The zero-order chi connectivity index (χ0) is 16.4. The number of nitrogens with two attached hydrogens (primary N) is 1. The maximum atomic E-state index is 12.3. The number of rotatable bonds is 9. The topological polar surface area (TPSA) is 75.4 Å². The van der Waals surface area contributed by atoms with Gasteiger partial charge >= 0.3 is 0 Å². The Bertz CT molecular complexity index is 481. The molecule has 0 bridgehead atoms. The normalized spacial score (nSPS) is 9.87. The SMILES string of the molecule is CCCCCN(Cc1ccc(Cl)cc1)C(=O)CNC(=O)CN.Cl. The molecule has 0 radical (unpaired) electrons. The van der Waals surface area contributed by atoms with Crippen LogP contribution in [0.15, 0.2) is 24.3 Å². The van der Waals surface area contributed by atoms with Gasteiger partial charge in [-0.25, -0.2) is 0 Å². The van der Waals surface area contributed by atoms with Gasteiger partial charge in [-0.2, -0.15) is 0 Å². The third-order valence-corrected chi connectivity index (χ3v) is 3.55. The van der Waals surface area contributed by atoms with E-state index in [1.54, 1.807) is 4.90 Å². The number of benzene rings is 1. The summed E-state index contributed by atoms with van der Waals surface area (Å²) in [7, 11) is 0. The highest BCUT2D eigenvalue weighted by Gasteiger charge is 2.14. The van der Waals surface area contributed by atoms with Gasteiger partial charge in [0.1, 0.15) is 0 Å². The van der Waals surface area contributed by atoms with E-state index in [4.69, 9.17) is 17.3 Å². The summed E-state index contributed by atoms with van der Waals surface area (Å²) in [6, 6.07) is 7.42. The highest BCUT2D eigenvalue weighted by molar-refractivity contribution is 6.30. The average Bonchev–Trinajstić information content (AvgIpc) is 2.53. The van der Waals surface area contributed by atoms with Gasteiger partial charge in [0.25, 0.3) is 0 Å². The van der Waals surface area contributed by atoms with E-state index in [9.17, 15) is 9.59 Å². The molecule has 0 saturated carbocycles. The van der Waals surface area contributed by atoms with E-state index in [1.165, 1.54) is 0 Å². The van der Waals surface area contributed by atoms with Crippen molar-refractivity contribution in [2.24, 2.45) is 5.73 Å². The molecule has 23 heavy (non-hydrogen) atoms. The van der Waals surface area contributed by atoms with Crippen molar-refractivity contribution in [2.45, 2.75) is 32.7 Å². The first-order valence-corrected chi connectivity index (χ1v) is 7.93. The van der Waals surface area contributed by atoms with E-state index in [2.05, 4.69) is 12.2 Å². The number of hydrogen-bond donors (Lipinski definition) is 2. The second-order valence-corrected chi connectivity index (χ2v) is 5.57. The fourth-order valence-electron chi connectivity index (χ4n) is 2.01. The van der Waals surface area contributed by atoms with Crippen LogP contribution in [0.25, 0.3) is 0 Å². The van der Waals surface area contributed by atoms with Gasteiger partial charge in [0.2, 0.25) is 11.8 Å². The van der Waals surface area contributed by atoms with Crippen LogP contribution in [0.4, 0.5) is 0 Å². The van der Waals surface area contributed by atoms with Gasteiger partial charge in [0, 0.05) is 18.1 Å². The van der Waals surface area contributed by atoms with E-state index in [0.717, 1.165) is 24.8 Å². The van der Waals surface area contributed by atoms with Crippen molar-refractivity contribution < 1.29 is 9.59 Å². The van der Waals surface area contributed by atoms with Crippen LogP contribution in [0, 0.1) is 0 Å². The Morgan fingerprint density at radius 1 is 1.22 bits per heavy atom. The summed E-state index contributed by atoms with van der Waals surface area (Å²) in [6.45, 7) is 3.18. The molecule has 0 aliphatic heterocycles. The van der Waals surface area contributed by atoms with Gasteiger partial charge in [-0.15, -0.1) is 12.4 Å². The molecular weight excluding hydrogens is 337 g/mol. The summed E-state index contributed by atoms with van der Waals surface area (Å²) in [5, 5.41) is 3.19. The van der Waals surface area contributed by atoms with Crippen LogP contribution in [0.2, 0.25) is 5.02 Å².